The van der Waals surface area contributed by atoms with Crippen molar-refractivity contribution in [2.24, 2.45) is 16.7 Å². The molecule has 0 radical (unpaired) electrons. The highest BCUT2D eigenvalue weighted by molar-refractivity contribution is 7.44. The lowest BCUT2D eigenvalue weighted by Crippen LogP contribution is -2.36. The van der Waals surface area contributed by atoms with Gasteiger partial charge in [-0.15, -0.1) is 0 Å². The first-order valence-electron chi connectivity index (χ1n) is 13.1. The van der Waals surface area contributed by atoms with E-state index < -0.39 is 8.53 Å². The fourth-order valence-electron chi connectivity index (χ4n) is 5.11. The van der Waals surface area contributed by atoms with Gasteiger partial charge >= 0.3 is 0 Å². The van der Waals surface area contributed by atoms with Gasteiger partial charge in [-0.2, -0.15) is 5.26 Å². The molecule has 190 valence electrons. The second kappa shape index (κ2) is 16.4. The van der Waals surface area contributed by atoms with Gasteiger partial charge in [0.2, 0.25) is 0 Å². The summed E-state index contributed by atoms with van der Waals surface area (Å²) >= 11 is 0. The van der Waals surface area contributed by atoms with Crippen LogP contribution in [0.2, 0.25) is 0 Å². The minimum atomic E-state index is -1.17. The monoisotopic (exact) mass is 470 g/mol. The molecule has 0 aromatic heterocycles. The number of rotatable bonds is 19. The maximum Gasteiger partial charge on any atom is 0.259 e. The second-order valence-electron chi connectivity index (χ2n) is 11.5. The van der Waals surface area contributed by atoms with E-state index in [1.807, 2.05) is 0 Å². The van der Waals surface area contributed by atoms with Crippen molar-refractivity contribution in [3.05, 3.63) is 0 Å². The molecule has 0 spiro atoms. The molecule has 0 aliphatic rings. The molecule has 0 aromatic rings. The number of unbranched alkanes of at least 4 members (excludes halogenated alkanes) is 4. The summed E-state index contributed by atoms with van der Waals surface area (Å²) in [4.78, 5) is 0. The molecule has 0 saturated carbocycles. The molecule has 0 aromatic carbocycles. The van der Waals surface area contributed by atoms with Gasteiger partial charge in [0.05, 0.1) is 25.7 Å². The first-order chi connectivity index (χ1) is 14.9. The van der Waals surface area contributed by atoms with Crippen molar-refractivity contribution in [3.63, 3.8) is 0 Å². The smallest absolute Gasteiger partial charge is 0.259 e. The Hall–Kier alpha value is -0.200. The molecule has 4 nitrogen and oxygen atoms in total. The first kappa shape index (κ1) is 31.8. The highest BCUT2D eigenvalue weighted by Crippen LogP contribution is 2.49. The van der Waals surface area contributed by atoms with E-state index in [1.54, 1.807) is 0 Å². The predicted octanol–water partition coefficient (Wildman–Crippen LogP) is 9.11. The van der Waals surface area contributed by atoms with E-state index in [9.17, 15) is 0 Å². The molecule has 2 unspecified atom stereocenters. The standard InChI is InChI=1S/C27H55N2O2P/c1-11-13-14-15-16-18-25(12-2)27(9,10)21-26(7,8)22-31-32(30-20-17-19-28)29(23(3)4)24(5)6/h23-25H,11-18,20-22H2,1-10H3. The predicted molar refractivity (Wildman–Crippen MR) is 141 cm³/mol. The van der Waals surface area contributed by atoms with Crippen molar-refractivity contribution in [2.75, 3.05) is 13.2 Å². The van der Waals surface area contributed by atoms with E-state index >= 15 is 0 Å². The Morgan fingerprint density at radius 3 is 2.00 bits per heavy atom. The summed E-state index contributed by atoms with van der Waals surface area (Å²) < 4.78 is 14.9. The quantitative estimate of drug-likeness (QED) is 0.139. The average molecular weight is 471 g/mol. The molecule has 0 amide bonds. The molecule has 0 aliphatic heterocycles. The van der Waals surface area contributed by atoms with Crippen LogP contribution in [0.5, 0.6) is 0 Å². The molecule has 0 N–H and O–H groups in total. The van der Waals surface area contributed by atoms with Gasteiger partial charge in [-0.1, -0.05) is 80.1 Å². The Morgan fingerprint density at radius 1 is 0.906 bits per heavy atom. The Labute approximate surface area is 202 Å². The van der Waals surface area contributed by atoms with E-state index in [1.165, 1.54) is 44.9 Å². The van der Waals surface area contributed by atoms with E-state index in [0.29, 0.717) is 31.7 Å². The van der Waals surface area contributed by atoms with Gasteiger partial charge in [0.15, 0.2) is 0 Å². The van der Waals surface area contributed by atoms with Crippen LogP contribution in [0.4, 0.5) is 0 Å². The van der Waals surface area contributed by atoms with Crippen molar-refractivity contribution >= 4 is 8.53 Å². The largest absolute Gasteiger partial charge is 0.321 e. The maximum atomic E-state index is 8.93. The number of hydrogen-bond donors (Lipinski definition) is 0. The molecule has 0 rings (SSSR count). The molecule has 0 bridgehead atoms. The molecule has 32 heavy (non-hydrogen) atoms. The van der Waals surface area contributed by atoms with Crippen molar-refractivity contribution in [1.82, 2.24) is 4.67 Å². The number of hydrogen-bond acceptors (Lipinski definition) is 4. The SMILES string of the molecule is CCCCCCCC(CC)C(C)(C)CC(C)(C)COP(OCCC#N)N(C(C)C)C(C)C. The third-order valence-electron chi connectivity index (χ3n) is 6.42. The van der Waals surface area contributed by atoms with Crippen LogP contribution in [0.25, 0.3) is 0 Å². The summed E-state index contributed by atoms with van der Waals surface area (Å²) in [6.07, 6.45) is 10.9. The van der Waals surface area contributed by atoms with Gasteiger partial charge in [-0.25, -0.2) is 4.67 Å². The second-order valence-corrected chi connectivity index (χ2v) is 12.9. The van der Waals surface area contributed by atoms with Crippen molar-refractivity contribution in [1.29, 1.82) is 5.26 Å². The third-order valence-corrected chi connectivity index (χ3v) is 8.47. The summed E-state index contributed by atoms with van der Waals surface area (Å²) in [5.41, 5.74) is 0.352. The normalized spacial score (nSPS) is 14.9. The Morgan fingerprint density at radius 2 is 1.50 bits per heavy atom. The lowest BCUT2D eigenvalue weighted by Gasteiger charge is -2.42. The summed E-state index contributed by atoms with van der Waals surface area (Å²) in [7, 11) is -1.17. The van der Waals surface area contributed by atoms with Crippen LogP contribution in [0.3, 0.4) is 0 Å². The Balaban J connectivity index is 5.06. The Bertz CT molecular complexity index is 506. The molecule has 2 atom stereocenters. The molecular formula is C27H55N2O2P. The van der Waals surface area contributed by atoms with Crippen molar-refractivity contribution in [2.45, 2.75) is 139 Å². The van der Waals surface area contributed by atoms with Gasteiger partial charge in [0.25, 0.3) is 8.53 Å². The van der Waals surface area contributed by atoms with Crippen LogP contribution in [0.1, 0.15) is 127 Å². The maximum absolute atomic E-state index is 8.93. The van der Waals surface area contributed by atoms with Crippen LogP contribution in [-0.2, 0) is 9.05 Å². The fourth-order valence-corrected chi connectivity index (χ4v) is 6.92. The molecular weight excluding hydrogens is 415 g/mol. The minimum Gasteiger partial charge on any atom is -0.321 e. The summed E-state index contributed by atoms with van der Waals surface area (Å²) in [6, 6.07) is 2.85. The third kappa shape index (κ3) is 12.9. The van der Waals surface area contributed by atoms with Gasteiger partial charge in [0, 0.05) is 12.1 Å². The van der Waals surface area contributed by atoms with E-state index in [0.717, 1.165) is 12.3 Å². The molecule has 0 fully saturated rings. The van der Waals surface area contributed by atoms with Crippen molar-refractivity contribution in [3.8, 4) is 6.07 Å². The average Bonchev–Trinajstić information content (AvgIpc) is 2.67. The van der Waals surface area contributed by atoms with E-state index in [-0.39, 0.29) is 10.8 Å². The highest BCUT2D eigenvalue weighted by Gasteiger charge is 2.36. The van der Waals surface area contributed by atoms with E-state index in [2.05, 4.69) is 80.0 Å². The number of nitrogens with zero attached hydrogens (tertiary/aromatic N) is 2. The van der Waals surface area contributed by atoms with Crippen LogP contribution in [-0.4, -0.2) is 30.0 Å². The van der Waals surface area contributed by atoms with Gasteiger partial charge in [-0.05, 0) is 57.3 Å². The zero-order chi connectivity index (χ0) is 24.8. The van der Waals surface area contributed by atoms with Gasteiger partial charge in [-0.3, -0.25) is 0 Å². The van der Waals surface area contributed by atoms with Crippen LogP contribution < -0.4 is 0 Å². The molecule has 0 aliphatic carbocycles. The summed E-state index contributed by atoms with van der Waals surface area (Å²) in [6.45, 7) is 24.1. The van der Waals surface area contributed by atoms with Crippen LogP contribution in [0, 0.1) is 28.1 Å². The summed E-state index contributed by atoms with van der Waals surface area (Å²) in [5.74, 6) is 0.750. The Kier molecular flexibility index (Phi) is 16.3. The topological polar surface area (TPSA) is 45.5 Å². The summed E-state index contributed by atoms with van der Waals surface area (Å²) in [5, 5.41) is 8.93. The molecule has 0 heterocycles. The highest BCUT2D eigenvalue weighted by atomic mass is 31.2. The minimum absolute atomic E-state index is 0.0674. The molecule has 0 saturated heterocycles. The lowest BCUT2D eigenvalue weighted by atomic mass is 9.66. The van der Waals surface area contributed by atoms with Crippen LogP contribution in [0.15, 0.2) is 0 Å². The van der Waals surface area contributed by atoms with E-state index in [4.69, 9.17) is 14.3 Å². The van der Waals surface area contributed by atoms with Crippen LogP contribution >= 0.6 is 8.53 Å². The first-order valence-corrected chi connectivity index (χ1v) is 14.3. The lowest BCUT2D eigenvalue weighted by molar-refractivity contribution is 0.0621. The number of nitriles is 1. The van der Waals surface area contributed by atoms with Gasteiger partial charge < -0.3 is 9.05 Å². The zero-order valence-corrected chi connectivity index (χ0v) is 24.1. The molecule has 5 heteroatoms. The van der Waals surface area contributed by atoms with Gasteiger partial charge in [0.1, 0.15) is 0 Å². The fraction of sp³-hybridized carbons (Fsp3) is 0.963. The van der Waals surface area contributed by atoms with Crippen molar-refractivity contribution < 1.29 is 9.05 Å². The zero-order valence-electron chi connectivity index (χ0n) is 23.2.